The lowest BCUT2D eigenvalue weighted by molar-refractivity contribution is -0.117. The van der Waals surface area contributed by atoms with Gasteiger partial charge in [0.25, 0.3) is 0 Å². The van der Waals surface area contributed by atoms with Crippen LogP contribution in [0, 0.1) is 0 Å². The fraction of sp³-hybridized carbons (Fsp3) is 0.650. The SMILES string of the molecule is CN(CC(=O)Nc1cccc(CN2CCSCC2)c1)C1CCCCC1. The molecule has 0 atom stereocenters. The van der Waals surface area contributed by atoms with Crippen LogP contribution in [0.2, 0.25) is 0 Å². The van der Waals surface area contributed by atoms with Crippen LogP contribution in [0.1, 0.15) is 37.7 Å². The Morgan fingerprint density at radius 1 is 1.24 bits per heavy atom. The number of amides is 1. The maximum absolute atomic E-state index is 12.4. The number of nitrogens with zero attached hydrogens (tertiary/aromatic N) is 2. The Kier molecular flexibility index (Phi) is 7.20. The van der Waals surface area contributed by atoms with Gasteiger partial charge in [0.05, 0.1) is 6.54 Å². The van der Waals surface area contributed by atoms with Crippen molar-refractivity contribution in [1.82, 2.24) is 9.80 Å². The fourth-order valence-corrected chi connectivity index (χ4v) is 4.82. The van der Waals surface area contributed by atoms with Crippen molar-refractivity contribution in [3.05, 3.63) is 29.8 Å². The van der Waals surface area contributed by atoms with Crippen LogP contribution in [-0.2, 0) is 11.3 Å². The fourth-order valence-electron chi connectivity index (χ4n) is 3.84. The topological polar surface area (TPSA) is 35.6 Å². The average Bonchev–Trinajstić information content (AvgIpc) is 2.63. The predicted octanol–water partition coefficient (Wildman–Crippen LogP) is 3.44. The van der Waals surface area contributed by atoms with Gasteiger partial charge in [0, 0.05) is 42.9 Å². The summed E-state index contributed by atoms with van der Waals surface area (Å²) in [7, 11) is 2.08. The molecule has 25 heavy (non-hydrogen) atoms. The number of anilines is 1. The molecule has 5 heteroatoms. The first-order chi connectivity index (χ1) is 12.2. The molecule has 1 aliphatic heterocycles. The minimum atomic E-state index is 0.0968. The molecular formula is C20H31N3OS. The van der Waals surface area contributed by atoms with Gasteiger partial charge in [0.15, 0.2) is 0 Å². The first kappa shape index (κ1) is 18.7. The maximum atomic E-state index is 12.4. The summed E-state index contributed by atoms with van der Waals surface area (Å²) in [5.41, 5.74) is 2.20. The minimum absolute atomic E-state index is 0.0968. The van der Waals surface area contributed by atoms with Crippen molar-refractivity contribution in [1.29, 1.82) is 0 Å². The first-order valence-corrected chi connectivity index (χ1v) is 10.8. The lowest BCUT2D eigenvalue weighted by Gasteiger charge is -2.30. The molecule has 0 unspecified atom stereocenters. The van der Waals surface area contributed by atoms with E-state index in [1.165, 1.54) is 49.2 Å². The highest BCUT2D eigenvalue weighted by atomic mass is 32.2. The zero-order chi connectivity index (χ0) is 17.5. The van der Waals surface area contributed by atoms with Crippen LogP contribution < -0.4 is 5.32 Å². The van der Waals surface area contributed by atoms with E-state index in [1.54, 1.807) is 0 Å². The standard InChI is InChI=1S/C20H31N3OS/c1-22(19-8-3-2-4-9-19)16-20(24)21-18-7-5-6-17(14-18)15-23-10-12-25-13-11-23/h5-7,14,19H,2-4,8-13,15-16H2,1H3,(H,21,24). The van der Waals surface area contributed by atoms with Crippen LogP contribution in [0.4, 0.5) is 5.69 Å². The number of thioether (sulfide) groups is 1. The number of likely N-dealkylation sites (N-methyl/N-ethyl adjacent to an activating group) is 1. The molecule has 1 heterocycles. The second-order valence-electron chi connectivity index (χ2n) is 7.34. The molecule has 1 N–H and O–H groups in total. The molecule has 1 amide bonds. The third-order valence-corrected chi connectivity index (χ3v) is 6.25. The zero-order valence-electron chi connectivity index (χ0n) is 15.4. The molecule has 0 spiro atoms. The van der Waals surface area contributed by atoms with Gasteiger partial charge in [-0.15, -0.1) is 0 Å². The first-order valence-electron chi connectivity index (χ1n) is 9.60. The van der Waals surface area contributed by atoms with Gasteiger partial charge in [0.2, 0.25) is 5.91 Å². The third-order valence-electron chi connectivity index (χ3n) is 5.31. The number of nitrogens with one attached hydrogen (secondary N) is 1. The van der Waals surface area contributed by atoms with E-state index >= 15 is 0 Å². The summed E-state index contributed by atoms with van der Waals surface area (Å²) < 4.78 is 0. The highest BCUT2D eigenvalue weighted by molar-refractivity contribution is 7.99. The molecule has 1 aromatic carbocycles. The van der Waals surface area contributed by atoms with E-state index in [-0.39, 0.29) is 5.91 Å². The van der Waals surface area contributed by atoms with Crippen molar-refractivity contribution in [2.75, 3.05) is 43.5 Å². The molecule has 2 aliphatic rings. The van der Waals surface area contributed by atoms with Gasteiger partial charge in [-0.3, -0.25) is 14.6 Å². The minimum Gasteiger partial charge on any atom is -0.325 e. The van der Waals surface area contributed by atoms with Crippen molar-refractivity contribution < 1.29 is 4.79 Å². The van der Waals surface area contributed by atoms with Crippen LogP contribution >= 0.6 is 11.8 Å². The van der Waals surface area contributed by atoms with Crippen molar-refractivity contribution in [3.63, 3.8) is 0 Å². The van der Waals surface area contributed by atoms with Crippen LogP contribution in [0.3, 0.4) is 0 Å². The predicted molar refractivity (Wildman–Crippen MR) is 107 cm³/mol. The van der Waals surface area contributed by atoms with Crippen LogP contribution in [0.25, 0.3) is 0 Å². The summed E-state index contributed by atoms with van der Waals surface area (Å²) in [6, 6.07) is 8.90. The Morgan fingerprint density at radius 2 is 2.00 bits per heavy atom. The van der Waals surface area contributed by atoms with Gasteiger partial charge in [0.1, 0.15) is 0 Å². The molecule has 1 aliphatic carbocycles. The molecule has 1 aromatic rings. The smallest absolute Gasteiger partial charge is 0.238 e. The Hall–Kier alpha value is -1.04. The molecule has 1 saturated carbocycles. The van der Waals surface area contributed by atoms with Crippen molar-refractivity contribution >= 4 is 23.4 Å². The molecule has 0 bridgehead atoms. The van der Waals surface area contributed by atoms with Gasteiger partial charge in [-0.1, -0.05) is 31.4 Å². The summed E-state index contributed by atoms with van der Waals surface area (Å²) in [6.07, 6.45) is 6.40. The zero-order valence-corrected chi connectivity index (χ0v) is 16.2. The number of hydrogen-bond donors (Lipinski definition) is 1. The van der Waals surface area contributed by atoms with E-state index < -0.39 is 0 Å². The van der Waals surface area contributed by atoms with Crippen molar-refractivity contribution in [2.45, 2.75) is 44.7 Å². The van der Waals surface area contributed by atoms with Crippen molar-refractivity contribution in [2.24, 2.45) is 0 Å². The summed E-state index contributed by atoms with van der Waals surface area (Å²) in [6.45, 7) is 3.78. The summed E-state index contributed by atoms with van der Waals surface area (Å²) >= 11 is 2.03. The molecule has 0 radical (unpaired) electrons. The maximum Gasteiger partial charge on any atom is 0.238 e. The molecular weight excluding hydrogens is 330 g/mol. The normalized spacial score (nSPS) is 19.9. The lowest BCUT2D eigenvalue weighted by atomic mass is 9.94. The van der Waals surface area contributed by atoms with E-state index in [1.807, 2.05) is 17.8 Å². The molecule has 4 nitrogen and oxygen atoms in total. The van der Waals surface area contributed by atoms with E-state index in [2.05, 4.69) is 40.4 Å². The van der Waals surface area contributed by atoms with Crippen molar-refractivity contribution in [3.8, 4) is 0 Å². The summed E-state index contributed by atoms with van der Waals surface area (Å²) in [5.74, 6) is 2.55. The number of carbonyl (C=O) groups excluding carboxylic acids is 1. The monoisotopic (exact) mass is 361 g/mol. The Balaban J connectivity index is 1.49. The van der Waals surface area contributed by atoms with Crippen LogP contribution in [0.15, 0.2) is 24.3 Å². The van der Waals surface area contributed by atoms with E-state index in [0.29, 0.717) is 12.6 Å². The van der Waals surface area contributed by atoms with E-state index in [9.17, 15) is 4.79 Å². The van der Waals surface area contributed by atoms with Crippen LogP contribution in [0.5, 0.6) is 0 Å². The number of rotatable bonds is 6. The second-order valence-corrected chi connectivity index (χ2v) is 8.57. The average molecular weight is 362 g/mol. The van der Waals surface area contributed by atoms with E-state index in [4.69, 9.17) is 0 Å². The third kappa shape index (κ3) is 6.01. The van der Waals surface area contributed by atoms with Gasteiger partial charge in [-0.25, -0.2) is 0 Å². The second kappa shape index (κ2) is 9.60. The Bertz CT molecular complexity index is 554. The molecule has 3 rings (SSSR count). The quantitative estimate of drug-likeness (QED) is 0.842. The van der Waals surface area contributed by atoms with Gasteiger partial charge >= 0.3 is 0 Å². The van der Waals surface area contributed by atoms with E-state index in [0.717, 1.165) is 25.3 Å². The van der Waals surface area contributed by atoms with Gasteiger partial charge in [-0.05, 0) is 37.6 Å². The molecule has 1 saturated heterocycles. The molecule has 138 valence electrons. The summed E-state index contributed by atoms with van der Waals surface area (Å²) in [4.78, 5) is 17.1. The Labute approximate surface area is 156 Å². The number of hydrogen-bond acceptors (Lipinski definition) is 4. The van der Waals surface area contributed by atoms with Gasteiger partial charge < -0.3 is 5.32 Å². The largest absolute Gasteiger partial charge is 0.325 e. The molecule has 2 fully saturated rings. The van der Waals surface area contributed by atoms with Crippen LogP contribution in [-0.4, -0.2) is 59.9 Å². The Morgan fingerprint density at radius 3 is 2.76 bits per heavy atom. The number of benzene rings is 1. The van der Waals surface area contributed by atoms with Gasteiger partial charge in [-0.2, -0.15) is 11.8 Å². The highest BCUT2D eigenvalue weighted by Gasteiger charge is 2.20. The lowest BCUT2D eigenvalue weighted by Crippen LogP contribution is -2.39. The number of carbonyl (C=O) groups is 1. The molecule has 0 aromatic heterocycles. The summed E-state index contributed by atoms with van der Waals surface area (Å²) in [5, 5.41) is 3.09. The highest BCUT2D eigenvalue weighted by Crippen LogP contribution is 2.21.